The zero-order valence-electron chi connectivity index (χ0n) is 10.5. The van der Waals surface area contributed by atoms with Gasteiger partial charge in [0.25, 0.3) is 0 Å². The van der Waals surface area contributed by atoms with Gasteiger partial charge in [0.05, 0.1) is 5.69 Å². The summed E-state index contributed by atoms with van der Waals surface area (Å²) in [5.41, 5.74) is 6.99. The Balaban J connectivity index is 2.54. The summed E-state index contributed by atoms with van der Waals surface area (Å²) >= 11 is 0. The molecule has 0 bridgehead atoms. The van der Waals surface area contributed by atoms with E-state index in [9.17, 15) is 4.79 Å². The number of fused-ring (bicyclic) bond motifs is 1. The fourth-order valence-corrected chi connectivity index (χ4v) is 2.24. The number of aromatic nitrogens is 2. The average molecular weight is 235 g/mol. The van der Waals surface area contributed by atoms with Crippen LogP contribution < -0.4 is 16.0 Å². The summed E-state index contributed by atoms with van der Waals surface area (Å²) in [6.07, 6.45) is 0. The highest BCUT2D eigenvalue weighted by Crippen LogP contribution is 2.33. The first-order chi connectivity index (χ1) is 7.91. The van der Waals surface area contributed by atoms with E-state index in [4.69, 9.17) is 5.73 Å². The summed E-state index contributed by atoms with van der Waals surface area (Å²) < 4.78 is 0. The van der Waals surface area contributed by atoms with Crippen molar-refractivity contribution in [2.75, 3.05) is 23.0 Å². The van der Waals surface area contributed by atoms with Crippen LogP contribution in [-0.4, -0.2) is 29.0 Å². The Morgan fingerprint density at radius 2 is 2.06 bits per heavy atom. The van der Waals surface area contributed by atoms with Crippen molar-refractivity contribution in [3.63, 3.8) is 0 Å². The van der Waals surface area contributed by atoms with Crippen molar-refractivity contribution in [3.8, 4) is 0 Å². The minimum Gasteiger partial charge on any atom is -0.368 e. The fraction of sp³-hybridized carbons (Fsp3) is 0.545. The molecule has 1 aromatic heterocycles. The van der Waals surface area contributed by atoms with E-state index in [-0.39, 0.29) is 23.8 Å². The van der Waals surface area contributed by atoms with Crippen LogP contribution >= 0.6 is 0 Å². The van der Waals surface area contributed by atoms with Gasteiger partial charge in [-0.1, -0.05) is 13.8 Å². The number of rotatable bonds is 1. The number of nitrogens with one attached hydrogen (secondary N) is 1. The fourth-order valence-electron chi connectivity index (χ4n) is 2.24. The Labute approximate surface area is 100 Å². The van der Waals surface area contributed by atoms with Crippen molar-refractivity contribution in [1.82, 2.24) is 9.97 Å². The number of anilines is 3. The minimum absolute atomic E-state index is 0.0218. The van der Waals surface area contributed by atoms with Gasteiger partial charge in [-0.2, -0.15) is 4.98 Å². The molecule has 1 unspecified atom stereocenters. The zero-order chi connectivity index (χ0) is 12.7. The quantitative estimate of drug-likeness (QED) is 0.751. The third-order valence-corrected chi connectivity index (χ3v) is 2.99. The third-order valence-electron chi connectivity index (χ3n) is 2.99. The number of likely N-dealkylation sites (N-methyl/N-ethyl adjacent to an activating group) is 1. The number of nitrogens with two attached hydrogens (primary N) is 1. The molecule has 2 heterocycles. The number of hydrogen-bond acceptors (Lipinski definition) is 5. The second kappa shape index (κ2) is 3.87. The van der Waals surface area contributed by atoms with Crippen LogP contribution in [0.15, 0.2) is 0 Å². The molecule has 6 heteroatoms. The first kappa shape index (κ1) is 11.6. The molecular formula is C11H17N5O. The number of nitrogen functional groups attached to an aromatic ring is 1. The molecule has 6 nitrogen and oxygen atoms in total. The van der Waals surface area contributed by atoms with Gasteiger partial charge in [0.1, 0.15) is 11.7 Å². The highest BCUT2D eigenvalue weighted by atomic mass is 16.2. The smallest absolute Gasteiger partial charge is 0.247 e. The summed E-state index contributed by atoms with van der Waals surface area (Å²) in [7, 11) is 1.86. The lowest BCUT2D eigenvalue weighted by molar-refractivity contribution is -0.118. The number of aryl methyl sites for hydroxylation is 1. The van der Waals surface area contributed by atoms with Crippen LogP contribution in [0.3, 0.4) is 0 Å². The van der Waals surface area contributed by atoms with Gasteiger partial charge >= 0.3 is 0 Å². The van der Waals surface area contributed by atoms with Crippen LogP contribution in [0.4, 0.5) is 17.5 Å². The van der Waals surface area contributed by atoms with Gasteiger partial charge in [-0.25, -0.2) is 4.98 Å². The molecule has 0 saturated heterocycles. The largest absolute Gasteiger partial charge is 0.368 e. The van der Waals surface area contributed by atoms with Gasteiger partial charge in [0.15, 0.2) is 5.82 Å². The van der Waals surface area contributed by atoms with E-state index in [1.165, 1.54) is 0 Å². The number of carbonyl (C=O) groups is 1. The van der Waals surface area contributed by atoms with E-state index >= 15 is 0 Å². The molecule has 3 N–H and O–H groups in total. The standard InChI is InChI=1S/C11H17N5O/c1-5(2)8-10(17)14-7-6(3)13-11(12)15-9(7)16(8)4/h5,8H,1-4H3,(H,14,17)(H2,12,13,15). The summed E-state index contributed by atoms with van der Waals surface area (Å²) in [6, 6.07) is -0.226. The van der Waals surface area contributed by atoms with Crippen LogP contribution in [0.2, 0.25) is 0 Å². The van der Waals surface area contributed by atoms with Crippen molar-refractivity contribution in [3.05, 3.63) is 5.69 Å². The summed E-state index contributed by atoms with van der Waals surface area (Å²) in [4.78, 5) is 22.1. The highest BCUT2D eigenvalue weighted by molar-refractivity contribution is 6.03. The first-order valence-corrected chi connectivity index (χ1v) is 5.59. The SMILES string of the molecule is Cc1nc(N)nc2c1NC(=O)C(C(C)C)N2C. The molecule has 1 amide bonds. The van der Waals surface area contributed by atoms with E-state index in [2.05, 4.69) is 15.3 Å². The molecule has 17 heavy (non-hydrogen) atoms. The average Bonchev–Trinajstić information content (AvgIpc) is 2.19. The minimum atomic E-state index is -0.226. The van der Waals surface area contributed by atoms with Crippen molar-refractivity contribution < 1.29 is 4.79 Å². The van der Waals surface area contributed by atoms with Crippen LogP contribution in [0, 0.1) is 12.8 Å². The molecular weight excluding hydrogens is 218 g/mol. The highest BCUT2D eigenvalue weighted by Gasteiger charge is 2.35. The Hall–Kier alpha value is -1.85. The maximum atomic E-state index is 12.0. The van der Waals surface area contributed by atoms with Gasteiger partial charge in [-0.3, -0.25) is 4.79 Å². The van der Waals surface area contributed by atoms with E-state index < -0.39 is 0 Å². The zero-order valence-corrected chi connectivity index (χ0v) is 10.5. The molecule has 2 rings (SSSR count). The molecule has 0 spiro atoms. The van der Waals surface area contributed by atoms with E-state index in [1.807, 2.05) is 25.8 Å². The number of nitrogens with zero attached hydrogens (tertiary/aromatic N) is 3. The predicted molar refractivity (Wildman–Crippen MR) is 66.8 cm³/mol. The molecule has 1 aliphatic rings. The Morgan fingerprint density at radius 3 is 2.65 bits per heavy atom. The van der Waals surface area contributed by atoms with Crippen molar-refractivity contribution in [2.24, 2.45) is 5.92 Å². The Bertz CT molecular complexity index is 471. The monoisotopic (exact) mass is 235 g/mol. The second-order valence-corrected chi connectivity index (χ2v) is 4.65. The van der Waals surface area contributed by atoms with Crippen molar-refractivity contribution in [1.29, 1.82) is 0 Å². The van der Waals surface area contributed by atoms with Crippen molar-refractivity contribution in [2.45, 2.75) is 26.8 Å². The summed E-state index contributed by atoms with van der Waals surface area (Å²) in [5, 5.41) is 2.86. The predicted octanol–water partition coefficient (Wildman–Crippen LogP) is 0.780. The lowest BCUT2D eigenvalue weighted by atomic mass is 9.99. The lowest BCUT2D eigenvalue weighted by Gasteiger charge is -2.36. The number of amides is 1. The van der Waals surface area contributed by atoms with Gasteiger partial charge in [-0.15, -0.1) is 0 Å². The molecule has 92 valence electrons. The lowest BCUT2D eigenvalue weighted by Crippen LogP contribution is -2.49. The third kappa shape index (κ3) is 1.79. The van der Waals surface area contributed by atoms with Crippen molar-refractivity contribution >= 4 is 23.4 Å². The van der Waals surface area contributed by atoms with Crippen LogP contribution in [-0.2, 0) is 4.79 Å². The van der Waals surface area contributed by atoms with E-state index in [1.54, 1.807) is 6.92 Å². The topological polar surface area (TPSA) is 84.1 Å². The maximum Gasteiger partial charge on any atom is 0.247 e. The molecule has 1 aromatic rings. The van der Waals surface area contributed by atoms with Gasteiger partial charge < -0.3 is 16.0 Å². The van der Waals surface area contributed by atoms with Crippen LogP contribution in [0.5, 0.6) is 0 Å². The maximum absolute atomic E-state index is 12.0. The van der Waals surface area contributed by atoms with Gasteiger partial charge in [-0.05, 0) is 12.8 Å². The molecule has 1 atom stereocenters. The molecule has 0 fully saturated rings. The molecule has 0 saturated carbocycles. The summed E-state index contributed by atoms with van der Waals surface area (Å²) in [5.74, 6) is 1.09. The van der Waals surface area contributed by atoms with E-state index in [0.717, 1.165) is 0 Å². The van der Waals surface area contributed by atoms with E-state index in [0.29, 0.717) is 17.2 Å². The van der Waals surface area contributed by atoms with Crippen LogP contribution in [0.1, 0.15) is 19.5 Å². The van der Waals surface area contributed by atoms with Crippen LogP contribution in [0.25, 0.3) is 0 Å². The number of hydrogen-bond donors (Lipinski definition) is 2. The molecule has 1 aliphatic heterocycles. The molecule has 0 aromatic carbocycles. The molecule has 0 aliphatic carbocycles. The molecule has 0 radical (unpaired) electrons. The number of carbonyl (C=O) groups excluding carboxylic acids is 1. The first-order valence-electron chi connectivity index (χ1n) is 5.59. The van der Waals surface area contributed by atoms with Gasteiger partial charge in [0, 0.05) is 7.05 Å². The normalized spacial score (nSPS) is 19.2. The van der Waals surface area contributed by atoms with Gasteiger partial charge in [0.2, 0.25) is 11.9 Å². The summed E-state index contributed by atoms with van der Waals surface area (Å²) in [6.45, 7) is 5.81. The second-order valence-electron chi connectivity index (χ2n) is 4.65. The Kier molecular flexibility index (Phi) is 2.65. The Morgan fingerprint density at radius 1 is 1.41 bits per heavy atom.